The van der Waals surface area contributed by atoms with Gasteiger partial charge in [-0.05, 0) is 47.5 Å². The van der Waals surface area contributed by atoms with Crippen molar-refractivity contribution in [2.75, 3.05) is 6.61 Å². The zero-order valence-electron chi connectivity index (χ0n) is 20.1. The summed E-state index contributed by atoms with van der Waals surface area (Å²) in [5.41, 5.74) is 2.02. The highest BCUT2D eigenvalue weighted by Gasteiger charge is 2.46. The Bertz CT molecular complexity index is 1520. The molecule has 0 radical (unpaired) electrons. The summed E-state index contributed by atoms with van der Waals surface area (Å²) in [4.78, 5) is 44.5. The zero-order chi connectivity index (χ0) is 25.9. The van der Waals surface area contributed by atoms with Gasteiger partial charge in [0.25, 0.3) is 11.7 Å². The van der Waals surface area contributed by atoms with Crippen LogP contribution in [-0.4, -0.2) is 39.3 Å². The molecule has 1 amide bonds. The lowest BCUT2D eigenvalue weighted by atomic mass is 9.95. The van der Waals surface area contributed by atoms with Gasteiger partial charge in [0.15, 0.2) is 0 Å². The number of hydrogen-bond donors (Lipinski definition) is 1. The molecule has 5 rings (SSSR count). The number of nitrogens with zero attached hydrogens (tertiary/aromatic N) is 2. The van der Waals surface area contributed by atoms with Crippen molar-refractivity contribution in [3.05, 3.63) is 119 Å². The van der Waals surface area contributed by atoms with Crippen molar-refractivity contribution in [3.63, 3.8) is 0 Å². The molecule has 1 unspecified atom stereocenters. The molecule has 4 aromatic rings. The summed E-state index contributed by atoms with van der Waals surface area (Å²) in [6, 6.07) is 24.0. The molecule has 1 atom stereocenters. The van der Waals surface area contributed by atoms with Gasteiger partial charge in [-0.15, -0.1) is 0 Å². The molecule has 1 aromatic heterocycles. The molecule has 1 saturated heterocycles. The van der Waals surface area contributed by atoms with Crippen LogP contribution >= 0.6 is 0 Å². The van der Waals surface area contributed by atoms with E-state index >= 15 is 0 Å². The van der Waals surface area contributed by atoms with Gasteiger partial charge in [0.2, 0.25) is 0 Å². The van der Waals surface area contributed by atoms with Crippen molar-refractivity contribution < 1.29 is 24.2 Å². The minimum absolute atomic E-state index is 0.0109. The van der Waals surface area contributed by atoms with Gasteiger partial charge >= 0.3 is 5.97 Å². The first-order valence-electron chi connectivity index (χ1n) is 11.9. The highest BCUT2D eigenvalue weighted by molar-refractivity contribution is 6.46. The van der Waals surface area contributed by atoms with Crippen LogP contribution in [0.2, 0.25) is 0 Å². The first kappa shape index (κ1) is 23.9. The van der Waals surface area contributed by atoms with E-state index in [0.717, 1.165) is 10.8 Å². The van der Waals surface area contributed by atoms with Crippen molar-refractivity contribution in [1.29, 1.82) is 0 Å². The highest BCUT2D eigenvalue weighted by Crippen LogP contribution is 2.40. The Balaban J connectivity index is 1.59. The first-order valence-corrected chi connectivity index (χ1v) is 11.9. The fourth-order valence-electron chi connectivity index (χ4n) is 4.62. The average molecular weight is 493 g/mol. The quantitative estimate of drug-likeness (QED) is 0.175. The minimum atomic E-state index is -0.884. The Morgan fingerprint density at radius 2 is 1.68 bits per heavy atom. The van der Waals surface area contributed by atoms with Crippen LogP contribution in [0.4, 0.5) is 0 Å². The molecule has 0 saturated carbocycles. The second-order valence-electron chi connectivity index (χ2n) is 8.63. The Labute approximate surface area is 213 Å². The maximum Gasteiger partial charge on any atom is 0.338 e. The predicted octanol–water partition coefficient (Wildman–Crippen LogP) is 5.03. The second kappa shape index (κ2) is 10.1. The van der Waals surface area contributed by atoms with E-state index in [-0.39, 0.29) is 24.5 Å². The molecule has 0 bridgehead atoms. The maximum absolute atomic E-state index is 13.4. The third-order valence-electron chi connectivity index (χ3n) is 6.37. The number of aliphatic hydroxyl groups excluding tert-OH is 1. The number of fused-ring (bicyclic) bond motifs is 1. The Morgan fingerprint density at radius 3 is 2.41 bits per heavy atom. The summed E-state index contributed by atoms with van der Waals surface area (Å²) in [7, 11) is 0. The molecule has 37 heavy (non-hydrogen) atoms. The van der Waals surface area contributed by atoms with Crippen LogP contribution in [0.15, 0.2) is 96.7 Å². The van der Waals surface area contributed by atoms with Crippen LogP contribution in [-0.2, 0) is 20.9 Å². The fraction of sp³-hybridized carbons (Fsp3) is 0.133. The van der Waals surface area contributed by atoms with Crippen molar-refractivity contribution >= 4 is 34.2 Å². The number of pyridine rings is 1. The number of aliphatic hydroxyl groups is 1. The molecule has 1 aliphatic heterocycles. The molecule has 1 fully saturated rings. The number of rotatable bonds is 6. The van der Waals surface area contributed by atoms with E-state index in [0.29, 0.717) is 22.4 Å². The normalized spacial score (nSPS) is 16.8. The van der Waals surface area contributed by atoms with E-state index in [1.807, 2.05) is 30.3 Å². The van der Waals surface area contributed by atoms with Crippen LogP contribution in [0.25, 0.3) is 16.5 Å². The molecule has 2 heterocycles. The zero-order valence-corrected chi connectivity index (χ0v) is 20.1. The Morgan fingerprint density at radius 1 is 0.946 bits per heavy atom. The van der Waals surface area contributed by atoms with Crippen LogP contribution in [0.1, 0.15) is 40.1 Å². The molecular formula is C30H24N2O5. The van der Waals surface area contributed by atoms with E-state index in [9.17, 15) is 19.5 Å². The molecule has 7 heteroatoms. The summed E-state index contributed by atoms with van der Waals surface area (Å²) in [6.07, 6.45) is 1.58. The van der Waals surface area contributed by atoms with Gasteiger partial charge in [-0.25, -0.2) is 4.79 Å². The van der Waals surface area contributed by atoms with Gasteiger partial charge in [-0.2, -0.15) is 0 Å². The third kappa shape index (κ3) is 4.47. The van der Waals surface area contributed by atoms with Crippen molar-refractivity contribution in [3.8, 4) is 0 Å². The van der Waals surface area contributed by atoms with Gasteiger partial charge < -0.3 is 14.7 Å². The van der Waals surface area contributed by atoms with E-state index in [2.05, 4.69) is 4.98 Å². The number of benzene rings is 3. The molecule has 3 aromatic carbocycles. The number of Topliss-reactive ketones (excluding diaryl/α,β-unsaturated/α-hetero) is 1. The third-order valence-corrected chi connectivity index (χ3v) is 6.37. The molecule has 1 aliphatic rings. The van der Waals surface area contributed by atoms with Crippen molar-refractivity contribution in [2.24, 2.45) is 0 Å². The van der Waals surface area contributed by atoms with E-state index in [4.69, 9.17) is 4.74 Å². The number of likely N-dealkylation sites (tertiary alicyclic amines) is 1. The van der Waals surface area contributed by atoms with Gasteiger partial charge in [0.1, 0.15) is 11.8 Å². The van der Waals surface area contributed by atoms with Gasteiger partial charge in [0, 0.05) is 18.3 Å². The number of carbonyl (C=O) groups excluding carboxylic acids is 3. The monoisotopic (exact) mass is 492 g/mol. The van der Waals surface area contributed by atoms with E-state index < -0.39 is 23.7 Å². The molecule has 1 N–H and O–H groups in total. The number of ether oxygens (including phenoxy) is 1. The van der Waals surface area contributed by atoms with Crippen LogP contribution < -0.4 is 0 Å². The van der Waals surface area contributed by atoms with Gasteiger partial charge in [-0.3, -0.25) is 14.6 Å². The van der Waals surface area contributed by atoms with Crippen LogP contribution in [0.3, 0.4) is 0 Å². The molecule has 0 spiro atoms. The van der Waals surface area contributed by atoms with Gasteiger partial charge in [0.05, 0.1) is 23.4 Å². The Kier molecular flexibility index (Phi) is 6.51. The minimum Gasteiger partial charge on any atom is -0.507 e. The topological polar surface area (TPSA) is 96.8 Å². The summed E-state index contributed by atoms with van der Waals surface area (Å²) in [6.45, 7) is 2.09. The molecular weight excluding hydrogens is 468 g/mol. The average Bonchev–Trinajstić information content (AvgIpc) is 3.18. The number of amides is 1. The number of ketones is 1. The van der Waals surface area contributed by atoms with Crippen LogP contribution in [0.5, 0.6) is 0 Å². The summed E-state index contributed by atoms with van der Waals surface area (Å²) in [5, 5.41) is 13.1. The lowest BCUT2D eigenvalue weighted by Gasteiger charge is -2.24. The SMILES string of the molecule is CCOC(=O)c1ccc(CN2C(=O)C(=O)/C(=C(\O)c3cccc4ccccc34)C2c2ccccn2)cc1. The maximum atomic E-state index is 13.4. The molecule has 184 valence electrons. The molecule has 7 nitrogen and oxygen atoms in total. The summed E-state index contributed by atoms with van der Waals surface area (Å²) < 4.78 is 5.03. The second-order valence-corrected chi connectivity index (χ2v) is 8.63. The van der Waals surface area contributed by atoms with Crippen molar-refractivity contribution in [2.45, 2.75) is 19.5 Å². The largest absolute Gasteiger partial charge is 0.507 e. The molecule has 0 aliphatic carbocycles. The first-order chi connectivity index (χ1) is 18.0. The lowest BCUT2D eigenvalue weighted by Crippen LogP contribution is -2.29. The highest BCUT2D eigenvalue weighted by atomic mass is 16.5. The number of hydrogen-bond acceptors (Lipinski definition) is 6. The summed E-state index contributed by atoms with van der Waals surface area (Å²) >= 11 is 0. The fourth-order valence-corrected chi connectivity index (χ4v) is 4.62. The number of carbonyl (C=O) groups is 3. The Hall–Kier alpha value is -4.78. The number of esters is 1. The van der Waals surface area contributed by atoms with E-state index in [1.54, 1.807) is 67.7 Å². The summed E-state index contributed by atoms with van der Waals surface area (Å²) in [5.74, 6) is -2.18. The van der Waals surface area contributed by atoms with Crippen LogP contribution in [0, 0.1) is 0 Å². The van der Waals surface area contributed by atoms with Gasteiger partial charge in [-0.1, -0.05) is 60.7 Å². The number of aromatic nitrogens is 1. The van der Waals surface area contributed by atoms with E-state index in [1.165, 1.54) is 4.90 Å². The van der Waals surface area contributed by atoms with Crippen molar-refractivity contribution in [1.82, 2.24) is 9.88 Å². The smallest absolute Gasteiger partial charge is 0.338 e. The lowest BCUT2D eigenvalue weighted by molar-refractivity contribution is -0.140. The standard InChI is InChI=1S/C30H24N2O5/c1-2-37-30(36)21-15-13-19(14-16-21)18-32-26(24-12-5-6-17-31-24)25(28(34)29(32)35)27(33)23-11-7-9-20-8-3-4-10-22(20)23/h3-17,26,33H,2,18H2,1H3/b27-25-. The predicted molar refractivity (Wildman–Crippen MR) is 138 cm³/mol.